The summed E-state index contributed by atoms with van der Waals surface area (Å²) >= 11 is 0. The molecule has 0 saturated heterocycles. The van der Waals surface area contributed by atoms with Crippen LogP contribution in [0.5, 0.6) is 0 Å². The third-order valence-electron chi connectivity index (χ3n) is 3.85. The second kappa shape index (κ2) is 6.79. The fourth-order valence-corrected chi connectivity index (χ4v) is 2.32. The molecule has 0 radical (unpaired) electrons. The number of rotatable bonds is 7. The first kappa shape index (κ1) is 14.9. The maximum Gasteiger partial charge on any atom is 0.223 e. The monoisotopic (exact) mass is 298 g/mol. The van der Waals surface area contributed by atoms with Gasteiger partial charge in [-0.15, -0.1) is 0 Å². The highest BCUT2D eigenvalue weighted by molar-refractivity contribution is 5.80. The SMILES string of the molecule is Cc1ccc(-c2ccc(CNCCNC(=O)C3CC3)o2)cc1. The minimum atomic E-state index is 0.196. The van der Waals surface area contributed by atoms with Crippen LogP contribution in [0.2, 0.25) is 0 Å². The number of hydrogen-bond acceptors (Lipinski definition) is 3. The Bertz CT molecular complexity index is 627. The summed E-state index contributed by atoms with van der Waals surface area (Å²) in [4.78, 5) is 11.5. The number of aryl methyl sites for hydroxylation is 1. The van der Waals surface area contributed by atoms with E-state index in [4.69, 9.17) is 4.42 Å². The first-order chi connectivity index (χ1) is 10.7. The van der Waals surface area contributed by atoms with Crippen LogP contribution in [0.25, 0.3) is 11.3 Å². The molecular weight excluding hydrogens is 276 g/mol. The van der Waals surface area contributed by atoms with Gasteiger partial charge in [0.1, 0.15) is 11.5 Å². The van der Waals surface area contributed by atoms with E-state index in [9.17, 15) is 4.79 Å². The van der Waals surface area contributed by atoms with Crippen molar-refractivity contribution in [3.63, 3.8) is 0 Å². The molecule has 1 saturated carbocycles. The highest BCUT2D eigenvalue weighted by atomic mass is 16.3. The molecule has 1 aliphatic rings. The Kier molecular flexibility index (Phi) is 4.59. The van der Waals surface area contributed by atoms with Crippen LogP contribution in [-0.2, 0) is 11.3 Å². The Hall–Kier alpha value is -2.07. The fourth-order valence-electron chi connectivity index (χ4n) is 2.32. The van der Waals surface area contributed by atoms with Crippen molar-refractivity contribution in [2.45, 2.75) is 26.3 Å². The van der Waals surface area contributed by atoms with E-state index in [1.807, 2.05) is 12.1 Å². The van der Waals surface area contributed by atoms with E-state index in [1.165, 1.54) is 5.56 Å². The highest BCUT2D eigenvalue weighted by Crippen LogP contribution is 2.28. The van der Waals surface area contributed by atoms with Crippen molar-refractivity contribution in [3.05, 3.63) is 47.7 Å². The third kappa shape index (κ3) is 3.98. The first-order valence-electron chi connectivity index (χ1n) is 7.86. The number of benzene rings is 1. The van der Waals surface area contributed by atoms with E-state index in [-0.39, 0.29) is 11.8 Å². The van der Waals surface area contributed by atoms with Gasteiger partial charge in [0.2, 0.25) is 5.91 Å². The maximum atomic E-state index is 11.5. The van der Waals surface area contributed by atoms with Crippen molar-refractivity contribution >= 4 is 5.91 Å². The molecule has 22 heavy (non-hydrogen) atoms. The quantitative estimate of drug-likeness (QED) is 0.773. The van der Waals surface area contributed by atoms with Gasteiger partial charge >= 0.3 is 0 Å². The molecule has 2 N–H and O–H groups in total. The number of hydrogen-bond donors (Lipinski definition) is 2. The van der Waals surface area contributed by atoms with Gasteiger partial charge in [0, 0.05) is 24.6 Å². The molecule has 0 atom stereocenters. The van der Waals surface area contributed by atoms with Crippen LogP contribution < -0.4 is 10.6 Å². The van der Waals surface area contributed by atoms with Crippen LogP contribution in [0, 0.1) is 12.8 Å². The van der Waals surface area contributed by atoms with Crippen LogP contribution in [0.15, 0.2) is 40.8 Å². The van der Waals surface area contributed by atoms with E-state index in [2.05, 4.69) is 41.8 Å². The summed E-state index contributed by atoms with van der Waals surface area (Å²) in [6, 6.07) is 12.3. The van der Waals surface area contributed by atoms with Crippen molar-refractivity contribution in [1.29, 1.82) is 0 Å². The lowest BCUT2D eigenvalue weighted by Gasteiger charge is -2.05. The lowest BCUT2D eigenvalue weighted by molar-refractivity contribution is -0.122. The molecule has 1 amide bonds. The predicted molar refractivity (Wildman–Crippen MR) is 86.3 cm³/mol. The lowest BCUT2D eigenvalue weighted by Crippen LogP contribution is -2.32. The number of amides is 1. The highest BCUT2D eigenvalue weighted by Gasteiger charge is 2.28. The largest absolute Gasteiger partial charge is 0.460 e. The minimum absolute atomic E-state index is 0.196. The average molecular weight is 298 g/mol. The number of carbonyl (C=O) groups is 1. The molecule has 1 fully saturated rings. The summed E-state index contributed by atoms with van der Waals surface area (Å²) in [7, 11) is 0. The molecule has 0 aliphatic heterocycles. The Morgan fingerprint density at radius 2 is 1.91 bits per heavy atom. The molecule has 0 unspecified atom stereocenters. The van der Waals surface area contributed by atoms with Crippen LogP contribution in [0.4, 0.5) is 0 Å². The number of nitrogens with one attached hydrogen (secondary N) is 2. The Morgan fingerprint density at radius 3 is 2.64 bits per heavy atom. The van der Waals surface area contributed by atoms with Gasteiger partial charge in [-0.25, -0.2) is 0 Å². The van der Waals surface area contributed by atoms with Gasteiger partial charge in [-0.1, -0.05) is 29.8 Å². The van der Waals surface area contributed by atoms with Gasteiger partial charge in [0.15, 0.2) is 0 Å². The van der Waals surface area contributed by atoms with Crippen molar-refractivity contribution in [1.82, 2.24) is 10.6 Å². The summed E-state index contributed by atoms with van der Waals surface area (Å²) in [5.74, 6) is 2.27. The summed E-state index contributed by atoms with van der Waals surface area (Å²) in [5.41, 5.74) is 2.33. The molecule has 4 nitrogen and oxygen atoms in total. The van der Waals surface area contributed by atoms with Crippen molar-refractivity contribution in [2.24, 2.45) is 5.92 Å². The molecular formula is C18H22N2O2. The first-order valence-corrected chi connectivity index (χ1v) is 7.86. The molecule has 3 rings (SSSR count). The van der Waals surface area contributed by atoms with E-state index in [0.29, 0.717) is 13.1 Å². The summed E-state index contributed by atoms with van der Waals surface area (Å²) in [5, 5.41) is 6.22. The van der Waals surface area contributed by atoms with E-state index in [1.54, 1.807) is 0 Å². The van der Waals surface area contributed by atoms with Gasteiger partial charge in [0.25, 0.3) is 0 Å². The maximum absolute atomic E-state index is 11.5. The predicted octanol–water partition coefficient (Wildman–Crippen LogP) is 2.87. The van der Waals surface area contributed by atoms with Gasteiger partial charge in [0.05, 0.1) is 6.54 Å². The summed E-state index contributed by atoms with van der Waals surface area (Å²) in [6.07, 6.45) is 2.10. The number of furan rings is 1. The zero-order chi connectivity index (χ0) is 15.4. The van der Waals surface area contributed by atoms with Gasteiger partial charge in [-0.2, -0.15) is 0 Å². The summed E-state index contributed by atoms with van der Waals surface area (Å²) in [6.45, 7) is 4.16. The van der Waals surface area contributed by atoms with Crippen molar-refractivity contribution in [3.8, 4) is 11.3 Å². The second-order valence-electron chi connectivity index (χ2n) is 5.87. The van der Waals surface area contributed by atoms with Crippen LogP contribution in [0.1, 0.15) is 24.2 Å². The smallest absolute Gasteiger partial charge is 0.223 e. The zero-order valence-corrected chi connectivity index (χ0v) is 12.9. The average Bonchev–Trinajstić information content (AvgIpc) is 3.27. The van der Waals surface area contributed by atoms with Crippen LogP contribution in [-0.4, -0.2) is 19.0 Å². The molecule has 116 valence electrons. The van der Waals surface area contributed by atoms with Crippen LogP contribution >= 0.6 is 0 Å². The molecule has 4 heteroatoms. The van der Waals surface area contributed by atoms with Crippen molar-refractivity contribution in [2.75, 3.05) is 13.1 Å². The normalized spacial score (nSPS) is 14.0. The minimum Gasteiger partial charge on any atom is -0.460 e. The Labute approximate surface area is 130 Å². The Balaban J connectivity index is 1.41. The topological polar surface area (TPSA) is 54.3 Å². The Morgan fingerprint density at radius 1 is 1.14 bits per heavy atom. The molecule has 1 heterocycles. The van der Waals surface area contributed by atoms with Gasteiger partial charge < -0.3 is 15.1 Å². The second-order valence-corrected chi connectivity index (χ2v) is 5.87. The lowest BCUT2D eigenvalue weighted by atomic mass is 10.1. The molecule has 0 bridgehead atoms. The van der Waals surface area contributed by atoms with E-state index < -0.39 is 0 Å². The summed E-state index contributed by atoms with van der Waals surface area (Å²) < 4.78 is 5.84. The standard InChI is InChI=1S/C18H22N2O2/c1-13-2-4-14(5-3-13)17-9-8-16(22-17)12-19-10-11-20-18(21)15-6-7-15/h2-5,8-9,15,19H,6-7,10-12H2,1H3,(H,20,21). The van der Waals surface area contributed by atoms with E-state index >= 15 is 0 Å². The fraction of sp³-hybridized carbons (Fsp3) is 0.389. The third-order valence-corrected chi connectivity index (χ3v) is 3.85. The van der Waals surface area contributed by atoms with E-state index in [0.717, 1.165) is 36.5 Å². The number of carbonyl (C=O) groups excluding carboxylic acids is 1. The molecule has 2 aromatic rings. The zero-order valence-electron chi connectivity index (χ0n) is 12.9. The molecule has 0 spiro atoms. The van der Waals surface area contributed by atoms with Crippen LogP contribution in [0.3, 0.4) is 0 Å². The molecule has 1 aliphatic carbocycles. The van der Waals surface area contributed by atoms with Crippen molar-refractivity contribution < 1.29 is 9.21 Å². The van der Waals surface area contributed by atoms with Gasteiger partial charge in [-0.05, 0) is 31.9 Å². The van der Waals surface area contributed by atoms with Gasteiger partial charge in [-0.3, -0.25) is 4.79 Å². The molecule has 1 aromatic carbocycles. The molecule has 1 aromatic heterocycles.